The summed E-state index contributed by atoms with van der Waals surface area (Å²) in [5, 5.41) is 3.24. The van der Waals surface area contributed by atoms with Gasteiger partial charge in [0.1, 0.15) is 5.69 Å². The number of piperazine rings is 1. The lowest BCUT2D eigenvalue weighted by molar-refractivity contribution is 0.0740. The topological polar surface area (TPSA) is 61.4 Å². The van der Waals surface area contributed by atoms with Crippen molar-refractivity contribution in [2.45, 2.75) is 27.2 Å². The van der Waals surface area contributed by atoms with E-state index in [1.165, 1.54) is 5.69 Å². The Morgan fingerprint density at radius 3 is 2.48 bits per heavy atom. The number of hydrogen-bond donors (Lipinski definition) is 1. The second kappa shape index (κ2) is 8.84. The first-order valence-electron chi connectivity index (χ1n) is 9.72. The van der Waals surface area contributed by atoms with Crippen molar-refractivity contribution >= 4 is 17.5 Å². The molecule has 0 bridgehead atoms. The van der Waals surface area contributed by atoms with E-state index in [1.54, 1.807) is 6.07 Å². The van der Waals surface area contributed by atoms with Crippen LogP contribution in [0.15, 0.2) is 36.4 Å². The number of rotatable bonds is 6. The molecule has 1 N–H and O–H groups in total. The summed E-state index contributed by atoms with van der Waals surface area (Å²) in [6.07, 6.45) is 1.04. The molecule has 1 fully saturated rings. The van der Waals surface area contributed by atoms with Gasteiger partial charge in [0.05, 0.1) is 0 Å². The van der Waals surface area contributed by atoms with Gasteiger partial charge >= 0.3 is 0 Å². The van der Waals surface area contributed by atoms with Crippen molar-refractivity contribution in [3.8, 4) is 0 Å². The van der Waals surface area contributed by atoms with Crippen LogP contribution >= 0.6 is 0 Å². The highest BCUT2D eigenvalue weighted by Gasteiger charge is 2.23. The van der Waals surface area contributed by atoms with Crippen LogP contribution in [0.25, 0.3) is 0 Å². The summed E-state index contributed by atoms with van der Waals surface area (Å²) in [4.78, 5) is 26.0. The molecular formula is C21H29N5O. The molecule has 0 saturated carbocycles. The van der Waals surface area contributed by atoms with Crippen molar-refractivity contribution in [3.63, 3.8) is 0 Å². The molecule has 1 aliphatic heterocycles. The molecule has 1 saturated heterocycles. The van der Waals surface area contributed by atoms with Gasteiger partial charge in [-0.15, -0.1) is 0 Å². The quantitative estimate of drug-likeness (QED) is 0.849. The summed E-state index contributed by atoms with van der Waals surface area (Å²) >= 11 is 0. The number of nitrogens with zero attached hydrogens (tertiary/aromatic N) is 4. The minimum atomic E-state index is -0.0138. The summed E-state index contributed by atoms with van der Waals surface area (Å²) in [5.41, 5.74) is 2.49. The van der Waals surface area contributed by atoms with E-state index < -0.39 is 0 Å². The van der Waals surface area contributed by atoms with Crippen molar-refractivity contribution < 1.29 is 4.79 Å². The second-order valence-electron chi connectivity index (χ2n) is 7.44. The molecule has 1 aromatic carbocycles. The maximum Gasteiger partial charge on any atom is 0.272 e. The van der Waals surface area contributed by atoms with Gasteiger partial charge in [-0.25, -0.2) is 9.97 Å². The lowest BCUT2D eigenvalue weighted by Crippen LogP contribution is -2.49. The smallest absolute Gasteiger partial charge is 0.272 e. The summed E-state index contributed by atoms with van der Waals surface area (Å²) < 4.78 is 0. The normalized spacial score (nSPS) is 14.5. The maximum atomic E-state index is 12.9. The van der Waals surface area contributed by atoms with Crippen LogP contribution in [0.1, 0.15) is 36.5 Å². The van der Waals surface area contributed by atoms with Crippen LogP contribution in [0.4, 0.5) is 11.6 Å². The summed E-state index contributed by atoms with van der Waals surface area (Å²) in [5.74, 6) is 1.14. The zero-order chi connectivity index (χ0) is 19.2. The van der Waals surface area contributed by atoms with Crippen molar-refractivity contribution in [3.05, 3.63) is 47.8 Å². The highest BCUT2D eigenvalue weighted by Crippen LogP contribution is 2.17. The molecule has 2 heterocycles. The van der Waals surface area contributed by atoms with E-state index in [0.717, 1.165) is 31.7 Å². The molecule has 6 nitrogen and oxygen atoms in total. The number of aromatic nitrogens is 2. The number of nitrogens with one attached hydrogen (secondary N) is 1. The molecule has 0 radical (unpaired) electrons. The zero-order valence-electron chi connectivity index (χ0n) is 16.5. The SMILES string of the molecule is Cc1cc(C(=O)N2CCN(c3ccccc3)CC2)nc(NCCC(C)C)n1. The van der Waals surface area contributed by atoms with Gasteiger partial charge in [-0.2, -0.15) is 0 Å². The zero-order valence-corrected chi connectivity index (χ0v) is 16.5. The fourth-order valence-electron chi connectivity index (χ4n) is 3.20. The molecule has 0 aliphatic carbocycles. The number of carbonyl (C=O) groups excluding carboxylic acids is 1. The van der Waals surface area contributed by atoms with Gasteiger partial charge in [0.2, 0.25) is 5.95 Å². The Bertz CT molecular complexity index is 754. The maximum absolute atomic E-state index is 12.9. The number of benzene rings is 1. The van der Waals surface area contributed by atoms with E-state index in [-0.39, 0.29) is 5.91 Å². The average molecular weight is 367 g/mol. The predicted molar refractivity (Wildman–Crippen MR) is 109 cm³/mol. The average Bonchev–Trinajstić information content (AvgIpc) is 2.67. The highest BCUT2D eigenvalue weighted by atomic mass is 16.2. The number of hydrogen-bond acceptors (Lipinski definition) is 5. The standard InChI is InChI=1S/C21H29N5O/c1-16(2)9-10-22-21-23-17(3)15-19(24-21)20(27)26-13-11-25(12-14-26)18-7-5-4-6-8-18/h4-8,15-16H,9-14H2,1-3H3,(H,22,23,24). The van der Waals surface area contributed by atoms with Crippen molar-refractivity contribution in [2.24, 2.45) is 5.92 Å². The Morgan fingerprint density at radius 2 is 1.81 bits per heavy atom. The molecule has 0 unspecified atom stereocenters. The third-order valence-corrected chi connectivity index (χ3v) is 4.77. The predicted octanol–water partition coefficient (Wildman–Crippen LogP) is 3.21. The Kier molecular flexibility index (Phi) is 6.27. The number of aryl methyl sites for hydroxylation is 1. The monoisotopic (exact) mass is 367 g/mol. The van der Waals surface area contributed by atoms with Gasteiger partial charge in [-0.1, -0.05) is 32.0 Å². The first kappa shape index (κ1) is 19.1. The van der Waals surface area contributed by atoms with E-state index in [2.05, 4.69) is 46.2 Å². The van der Waals surface area contributed by atoms with E-state index >= 15 is 0 Å². The number of anilines is 2. The third-order valence-electron chi connectivity index (χ3n) is 4.77. The lowest BCUT2D eigenvalue weighted by Gasteiger charge is -2.36. The van der Waals surface area contributed by atoms with Crippen molar-refractivity contribution in [1.29, 1.82) is 0 Å². The summed E-state index contributed by atoms with van der Waals surface area (Å²) in [6, 6.07) is 12.1. The van der Waals surface area contributed by atoms with Crippen LogP contribution in [-0.2, 0) is 0 Å². The molecule has 3 rings (SSSR count). The fourth-order valence-corrected chi connectivity index (χ4v) is 3.20. The van der Waals surface area contributed by atoms with Crippen LogP contribution in [0.3, 0.4) is 0 Å². The molecule has 1 aromatic heterocycles. The van der Waals surface area contributed by atoms with E-state index in [4.69, 9.17) is 0 Å². The molecule has 6 heteroatoms. The fraction of sp³-hybridized carbons (Fsp3) is 0.476. The highest BCUT2D eigenvalue weighted by molar-refractivity contribution is 5.92. The second-order valence-corrected chi connectivity index (χ2v) is 7.44. The van der Waals surface area contributed by atoms with E-state index in [1.807, 2.05) is 30.0 Å². The molecule has 0 spiro atoms. The van der Waals surface area contributed by atoms with Gasteiger partial charge < -0.3 is 15.1 Å². The largest absolute Gasteiger partial charge is 0.368 e. The van der Waals surface area contributed by atoms with Crippen molar-refractivity contribution in [1.82, 2.24) is 14.9 Å². The Hall–Kier alpha value is -2.63. The van der Waals surface area contributed by atoms with Gasteiger partial charge in [0.25, 0.3) is 5.91 Å². The van der Waals surface area contributed by atoms with Crippen LogP contribution in [-0.4, -0.2) is 53.5 Å². The van der Waals surface area contributed by atoms with Gasteiger partial charge in [0.15, 0.2) is 0 Å². The van der Waals surface area contributed by atoms with Crippen LogP contribution < -0.4 is 10.2 Å². The number of carbonyl (C=O) groups is 1. The van der Waals surface area contributed by atoms with Gasteiger partial charge in [-0.05, 0) is 37.5 Å². The van der Waals surface area contributed by atoms with Crippen LogP contribution in [0, 0.1) is 12.8 Å². The third kappa shape index (κ3) is 5.18. The van der Waals surface area contributed by atoms with Gasteiger partial charge in [-0.3, -0.25) is 4.79 Å². The summed E-state index contributed by atoms with van der Waals surface area (Å²) in [7, 11) is 0. The van der Waals surface area contributed by atoms with Crippen molar-refractivity contribution in [2.75, 3.05) is 42.9 Å². The Morgan fingerprint density at radius 1 is 1.11 bits per heavy atom. The van der Waals surface area contributed by atoms with Gasteiger partial charge in [0, 0.05) is 44.1 Å². The minimum Gasteiger partial charge on any atom is -0.368 e. The van der Waals surface area contributed by atoms with E-state index in [0.29, 0.717) is 30.6 Å². The number of amides is 1. The molecule has 1 amide bonds. The first-order chi connectivity index (χ1) is 13.0. The summed E-state index contributed by atoms with van der Waals surface area (Å²) in [6.45, 7) is 10.1. The van der Waals surface area contributed by atoms with Crippen LogP contribution in [0.5, 0.6) is 0 Å². The lowest BCUT2D eigenvalue weighted by atomic mass is 10.1. The molecule has 0 atom stereocenters. The Labute approximate surface area is 161 Å². The minimum absolute atomic E-state index is 0.0138. The molecule has 1 aliphatic rings. The number of para-hydroxylation sites is 1. The first-order valence-corrected chi connectivity index (χ1v) is 9.72. The Balaban J connectivity index is 1.61. The molecular weight excluding hydrogens is 338 g/mol. The molecule has 2 aromatic rings. The molecule has 144 valence electrons. The van der Waals surface area contributed by atoms with Crippen LogP contribution in [0.2, 0.25) is 0 Å². The van der Waals surface area contributed by atoms with E-state index in [9.17, 15) is 4.79 Å². The molecule has 27 heavy (non-hydrogen) atoms.